The summed E-state index contributed by atoms with van der Waals surface area (Å²) in [6, 6.07) is 1.35. The lowest BCUT2D eigenvalue weighted by Crippen LogP contribution is -2.14. The SMILES string of the molecule is COCc1c(F)cc(C(=O)C(=O)O)cc1F. The molecule has 0 aliphatic carbocycles. The summed E-state index contributed by atoms with van der Waals surface area (Å²) in [5.41, 5.74) is -0.883. The van der Waals surface area contributed by atoms with Crippen LogP contribution in [0.4, 0.5) is 8.78 Å². The van der Waals surface area contributed by atoms with Crippen molar-refractivity contribution < 1.29 is 28.2 Å². The van der Waals surface area contributed by atoms with Crippen molar-refractivity contribution in [2.24, 2.45) is 0 Å². The van der Waals surface area contributed by atoms with E-state index in [-0.39, 0.29) is 12.2 Å². The Morgan fingerprint density at radius 3 is 2.19 bits per heavy atom. The zero-order valence-electron chi connectivity index (χ0n) is 8.29. The molecule has 16 heavy (non-hydrogen) atoms. The van der Waals surface area contributed by atoms with Crippen molar-refractivity contribution >= 4 is 11.8 Å². The van der Waals surface area contributed by atoms with Gasteiger partial charge in [0.1, 0.15) is 11.6 Å². The molecule has 0 bridgehead atoms. The minimum Gasteiger partial charge on any atom is -0.475 e. The molecule has 0 aromatic heterocycles. The molecule has 0 heterocycles. The molecule has 0 saturated carbocycles. The molecule has 86 valence electrons. The summed E-state index contributed by atoms with van der Waals surface area (Å²) >= 11 is 0. The van der Waals surface area contributed by atoms with E-state index in [1.807, 2.05) is 0 Å². The zero-order valence-corrected chi connectivity index (χ0v) is 8.29. The number of ketones is 1. The van der Waals surface area contributed by atoms with Gasteiger partial charge in [-0.2, -0.15) is 0 Å². The van der Waals surface area contributed by atoms with Gasteiger partial charge in [0.25, 0.3) is 5.78 Å². The third kappa shape index (κ3) is 2.40. The third-order valence-electron chi connectivity index (χ3n) is 1.89. The highest BCUT2D eigenvalue weighted by Crippen LogP contribution is 2.16. The zero-order chi connectivity index (χ0) is 12.3. The standard InChI is InChI=1S/C10H8F2O4/c1-16-4-6-7(11)2-5(3-8(6)12)9(13)10(14)15/h2-3H,4H2,1H3,(H,14,15). The van der Waals surface area contributed by atoms with Gasteiger partial charge in [-0.25, -0.2) is 13.6 Å². The molecular weight excluding hydrogens is 222 g/mol. The molecule has 0 amide bonds. The number of carbonyl (C=O) groups is 2. The number of rotatable bonds is 4. The van der Waals surface area contributed by atoms with E-state index < -0.39 is 29.0 Å². The van der Waals surface area contributed by atoms with E-state index >= 15 is 0 Å². The van der Waals surface area contributed by atoms with E-state index in [0.717, 1.165) is 0 Å². The van der Waals surface area contributed by atoms with Crippen molar-refractivity contribution in [1.29, 1.82) is 0 Å². The fourth-order valence-electron chi connectivity index (χ4n) is 1.14. The average molecular weight is 230 g/mol. The fourth-order valence-corrected chi connectivity index (χ4v) is 1.14. The van der Waals surface area contributed by atoms with Crippen LogP contribution in [0.2, 0.25) is 0 Å². The Kier molecular flexibility index (Phi) is 3.68. The molecule has 1 aromatic carbocycles. The third-order valence-corrected chi connectivity index (χ3v) is 1.89. The molecule has 1 rings (SSSR count). The smallest absolute Gasteiger partial charge is 0.377 e. The second-order valence-electron chi connectivity index (χ2n) is 2.99. The number of benzene rings is 1. The number of Topliss-reactive ketones (excluding diaryl/α,β-unsaturated/α-hetero) is 1. The number of carboxylic acid groups (broad SMARTS) is 1. The Morgan fingerprint density at radius 2 is 1.81 bits per heavy atom. The highest BCUT2D eigenvalue weighted by Gasteiger charge is 2.19. The van der Waals surface area contributed by atoms with Crippen LogP contribution in [0.15, 0.2) is 12.1 Å². The summed E-state index contributed by atoms with van der Waals surface area (Å²) in [7, 11) is 1.26. The van der Waals surface area contributed by atoms with E-state index in [9.17, 15) is 18.4 Å². The number of hydrogen-bond donors (Lipinski definition) is 1. The molecule has 6 heteroatoms. The molecule has 1 aromatic rings. The first-order valence-corrected chi connectivity index (χ1v) is 4.21. The van der Waals surface area contributed by atoms with Gasteiger partial charge in [0.05, 0.1) is 6.61 Å². The molecule has 0 radical (unpaired) electrons. The Labute approximate surface area is 89.5 Å². The van der Waals surface area contributed by atoms with Crippen LogP contribution in [-0.4, -0.2) is 24.0 Å². The number of methoxy groups -OCH3 is 1. The second kappa shape index (κ2) is 4.80. The summed E-state index contributed by atoms with van der Waals surface area (Å²) in [6.45, 7) is -0.292. The highest BCUT2D eigenvalue weighted by atomic mass is 19.1. The summed E-state index contributed by atoms with van der Waals surface area (Å²) < 4.78 is 31.1. The number of ether oxygens (including phenoxy) is 1. The minimum atomic E-state index is -1.77. The number of hydrogen-bond acceptors (Lipinski definition) is 3. The van der Waals surface area contributed by atoms with Crippen molar-refractivity contribution in [2.75, 3.05) is 7.11 Å². The lowest BCUT2D eigenvalue weighted by molar-refractivity contribution is -0.131. The largest absolute Gasteiger partial charge is 0.475 e. The van der Waals surface area contributed by atoms with Crippen LogP contribution in [0.1, 0.15) is 15.9 Å². The molecule has 1 N–H and O–H groups in total. The van der Waals surface area contributed by atoms with Gasteiger partial charge in [0.2, 0.25) is 0 Å². The summed E-state index contributed by atoms with van der Waals surface area (Å²) in [5, 5.41) is 8.37. The quantitative estimate of drug-likeness (QED) is 0.626. The Balaban J connectivity index is 3.19. The molecule has 4 nitrogen and oxygen atoms in total. The predicted octanol–water partition coefficient (Wildman–Crippen LogP) is 1.38. The van der Waals surface area contributed by atoms with Crippen molar-refractivity contribution in [3.63, 3.8) is 0 Å². The van der Waals surface area contributed by atoms with Crippen LogP contribution >= 0.6 is 0 Å². The lowest BCUT2D eigenvalue weighted by atomic mass is 10.1. The first-order chi connectivity index (χ1) is 7.47. The fraction of sp³-hybridized carbons (Fsp3) is 0.200. The van der Waals surface area contributed by atoms with Crippen molar-refractivity contribution in [1.82, 2.24) is 0 Å². The van der Waals surface area contributed by atoms with Crippen LogP contribution in [0.5, 0.6) is 0 Å². The van der Waals surface area contributed by atoms with Gasteiger partial charge in [-0.05, 0) is 12.1 Å². The minimum absolute atomic E-state index is 0.292. The van der Waals surface area contributed by atoms with Gasteiger partial charge in [-0.3, -0.25) is 4.79 Å². The van der Waals surface area contributed by atoms with Crippen molar-refractivity contribution in [3.8, 4) is 0 Å². The van der Waals surface area contributed by atoms with Crippen LogP contribution in [0.3, 0.4) is 0 Å². The maximum atomic E-state index is 13.3. The Morgan fingerprint density at radius 1 is 1.31 bits per heavy atom. The molecule has 0 unspecified atom stereocenters. The normalized spacial score (nSPS) is 10.2. The molecule has 0 saturated heterocycles. The van der Waals surface area contributed by atoms with Gasteiger partial charge >= 0.3 is 5.97 Å². The monoisotopic (exact) mass is 230 g/mol. The van der Waals surface area contributed by atoms with Gasteiger partial charge < -0.3 is 9.84 Å². The Hall–Kier alpha value is -1.82. The van der Waals surface area contributed by atoms with Crippen molar-refractivity contribution in [2.45, 2.75) is 6.61 Å². The second-order valence-corrected chi connectivity index (χ2v) is 2.99. The van der Waals surface area contributed by atoms with Crippen LogP contribution in [0, 0.1) is 11.6 Å². The molecule has 0 fully saturated rings. The molecule has 0 spiro atoms. The van der Waals surface area contributed by atoms with Gasteiger partial charge in [-0.1, -0.05) is 0 Å². The van der Waals surface area contributed by atoms with E-state index in [4.69, 9.17) is 5.11 Å². The van der Waals surface area contributed by atoms with E-state index in [1.165, 1.54) is 7.11 Å². The number of halogens is 2. The van der Waals surface area contributed by atoms with E-state index in [2.05, 4.69) is 4.74 Å². The Bertz CT molecular complexity index is 419. The highest BCUT2D eigenvalue weighted by molar-refractivity contribution is 6.39. The van der Waals surface area contributed by atoms with Crippen molar-refractivity contribution in [3.05, 3.63) is 34.9 Å². The van der Waals surface area contributed by atoms with Gasteiger partial charge in [-0.15, -0.1) is 0 Å². The average Bonchev–Trinajstić information content (AvgIpc) is 2.21. The summed E-state index contributed by atoms with van der Waals surface area (Å²) in [4.78, 5) is 21.3. The predicted molar refractivity (Wildman–Crippen MR) is 49.0 cm³/mol. The van der Waals surface area contributed by atoms with Gasteiger partial charge in [0.15, 0.2) is 0 Å². The summed E-state index contributed by atoms with van der Waals surface area (Å²) in [5.74, 6) is -5.14. The number of carbonyl (C=O) groups excluding carboxylic acids is 1. The van der Waals surface area contributed by atoms with Gasteiger partial charge in [0, 0.05) is 18.2 Å². The topological polar surface area (TPSA) is 63.6 Å². The first-order valence-electron chi connectivity index (χ1n) is 4.21. The first kappa shape index (κ1) is 12.3. The number of aliphatic carboxylic acids is 1. The molecule has 0 aliphatic rings. The molecule has 0 atom stereocenters. The molecule has 0 aliphatic heterocycles. The van der Waals surface area contributed by atoms with Crippen LogP contribution < -0.4 is 0 Å². The van der Waals surface area contributed by atoms with Crippen LogP contribution in [-0.2, 0) is 16.1 Å². The van der Waals surface area contributed by atoms with E-state index in [1.54, 1.807) is 0 Å². The summed E-state index contributed by atoms with van der Waals surface area (Å²) in [6.07, 6.45) is 0. The maximum absolute atomic E-state index is 13.3. The van der Waals surface area contributed by atoms with Crippen LogP contribution in [0.25, 0.3) is 0 Å². The lowest BCUT2D eigenvalue weighted by Gasteiger charge is -2.05. The van der Waals surface area contributed by atoms with E-state index in [0.29, 0.717) is 12.1 Å². The maximum Gasteiger partial charge on any atom is 0.377 e. The molecular formula is C10H8F2O4. The number of carboxylic acids is 1.